The average molecular weight is 356 g/mol. The molecule has 0 saturated carbocycles. The molecule has 9 heteroatoms. The summed E-state index contributed by atoms with van der Waals surface area (Å²) in [5.74, 6) is 6.98. The number of carbonyl (C=O) groups excluding carboxylic acids is 1. The van der Waals surface area contributed by atoms with E-state index in [1.807, 2.05) is 13.8 Å². The molecule has 0 fully saturated rings. The molecule has 1 aromatic carbocycles. The van der Waals surface area contributed by atoms with Gasteiger partial charge in [-0.15, -0.1) is 10.2 Å². The maximum atomic E-state index is 12.1. The predicted molar refractivity (Wildman–Crippen MR) is 91.6 cm³/mol. The van der Waals surface area contributed by atoms with Crippen LogP contribution in [0.15, 0.2) is 17.3 Å². The molecule has 23 heavy (non-hydrogen) atoms. The first-order valence-corrected chi connectivity index (χ1v) is 8.28. The molecule has 0 saturated heterocycles. The lowest BCUT2D eigenvalue weighted by molar-refractivity contribution is -0.113. The number of nitrogen functional groups attached to an aromatic ring is 1. The van der Waals surface area contributed by atoms with Crippen LogP contribution >= 0.6 is 23.4 Å². The number of carbonyl (C=O) groups is 1. The molecular formula is C14H18ClN5O2S. The van der Waals surface area contributed by atoms with Crippen molar-refractivity contribution >= 4 is 35.0 Å². The van der Waals surface area contributed by atoms with Gasteiger partial charge >= 0.3 is 0 Å². The summed E-state index contributed by atoms with van der Waals surface area (Å²) in [6, 6.07) is 3.44. The van der Waals surface area contributed by atoms with Gasteiger partial charge in [-0.25, -0.2) is 4.68 Å². The average Bonchev–Trinajstić information content (AvgIpc) is 2.88. The summed E-state index contributed by atoms with van der Waals surface area (Å²) < 4.78 is 6.62. The number of rotatable bonds is 6. The Bertz CT molecular complexity index is 719. The first-order valence-electron chi connectivity index (χ1n) is 6.92. The zero-order valence-corrected chi connectivity index (χ0v) is 14.7. The standard InChI is InChI=1S/C14H18ClN5O2S/c1-4-12-18-19-14(20(12)16)23-7-13(21)17-10-5-8(2)9(15)6-11(10)22-3/h5-6H,4,7,16H2,1-3H3,(H,17,21). The Morgan fingerprint density at radius 1 is 1.48 bits per heavy atom. The van der Waals surface area contributed by atoms with Crippen LogP contribution in [0.5, 0.6) is 5.75 Å². The molecule has 1 heterocycles. The second-order valence-corrected chi connectivity index (χ2v) is 6.11. The van der Waals surface area contributed by atoms with Crippen molar-refractivity contribution in [3.8, 4) is 5.75 Å². The van der Waals surface area contributed by atoms with Crippen LogP contribution < -0.4 is 15.9 Å². The summed E-state index contributed by atoms with van der Waals surface area (Å²) in [7, 11) is 1.52. The highest BCUT2D eigenvalue weighted by Crippen LogP contribution is 2.31. The van der Waals surface area contributed by atoms with E-state index in [1.165, 1.54) is 23.5 Å². The van der Waals surface area contributed by atoms with Crippen molar-refractivity contribution in [1.29, 1.82) is 0 Å². The number of halogens is 1. The zero-order valence-electron chi connectivity index (χ0n) is 13.1. The molecule has 0 aliphatic rings. The maximum absolute atomic E-state index is 12.1. The third-order valence-electron chi connectivity index (χ3n) is 3.14. The summed E-state index contributed by atoms with van der Waals surface area (Å²) >= 11 is 7.26. The first kappa shape index (κ1) is 17.4. The molecule has 1 amide bonds. The number of hydrogen-bond acceptors (Lipinski definition) is 6. The van der Waals surface area contributed by atoms with Crippen molar-refractivity contribution < 1.29 is 9.53 Å². The van der Waals surface area contributed by atoms with Crippen LogP contribution in [0.4, 0.5) is 5.69 Å². The van der Waals surface area contributed by atoms with E-state index in [0.29, 0.717) is 33.9 Å². The van der Waals surface area contributed by atoms with Gasteiger partial charge in [0.1, 0.15) is 5.75 Å². The highest BCUT2D eigenvalue weighted by atomic mass is 35.5. The van der Waals surface area contributed by atoms with Gasteiger partial charge in [-0.2, -0.15) is 0 Å². The normalized spacial score (nSPS) is 10.6. The van der Waals surface area contributed by atoms with Crippen molar-refractivity contribution in [1.82, 2.24) is 14.9 Å². The summed E-state index contributed by atoms with van der Waals surface area (Å²) in [5, 5.41) is 11.8. The molecule has 0 atom stereocenters. The summed E-state index contributed by atoms with van der Waals surface area (Å²) in [6.45, 7) is 3.79. The molecule has 0 aliphatic carbocycles. The molecule has 2 aromatic rings. The van der Waals surface area contributed by atoms with Crippen LogP contribution in [0.25, 0.3) is 0 Å². The van der Waals surface area contributed by atoms with Gasteiger partial charge in [0.15, 0.2) is 5.82 Å². The molecule has 124 valence electrons. The van der Waals surface area contributed by atoms with Crippen LogP contribution in [0.3, 0.4) is 0 Å². The molecular weight excluding hydrogens is 338 g/mol. The molecule has 0 aliphatic heterocycles. The van der Waals surface area contributed by atoms with Gasteiger partial charge in [0.25, 0.3) is 0 Å². The van der Waals surface area contributed by atoms with Crippen molar-refractivity contribution in [3.05, 3.63) is 28.5 Å². The third kappa shape index (κ3) is 4.08. The Labute approximate surface area is 143 Å². The zero-order chi connectivity index (χ0) is 17.0. The van der Waals surface area contributed by atoms with Gasteiger partial charge in [0.05, 0.1) is 18.6 Å². The van der Waals surface area contributed by atoms with E-state index in [-0.39, 0.29) is 11.7 Å². The maximum Gasteiger partial charge on any atom is 0.234 e. The van der Waals surface area contributed by atoms with Gasteiger partial charge in [-0.1, -0.05) is 30.3 Å². The number of aromatic nitrogens is 3. The van der Waals surface area contributed by atoms with Crippen LogP contribution in [0.1, 0.15) is 18.3 Å². The molecule has 3 N–H and O–H groups in total. The number of hydrogen-bond donors (Lipinski definition) is 2. The Morgan fingerprint density at radius 3 is 2.83 bits per heavy atom. The number of aryl methyl sites for hydroxylation is 2. The van der Waals surface area contributed by atoms with Gasteiger partial charge in [-0.3, -0.25) is 4.79 Å². The largest absolute Gasteiger partial charge is 0.495 e. The minimum atomic E-state index is -0.198. The van der Waals surface area contributed by atoms with Crippen molar-refractivity contribution in [2.24, 2.45) is 0 Å². The number of benzene rings is 1. The molecule has 7 nitrogen and oxygen atoms in total. The number of thioether (sulfide) groups is 1. The summed E-state index contributed by atoms with van der Waals surface area (Å²) in [5.41, 5.74) is 1.42. The van der Waals surface area contributed by atoms with Crippen LogP contribution in [-0.4, -0.2) is 33.6 Å². The lowest BCUT2D eigenvalue weighted by Crippen LogP contribution is -2.17. The van der Waals surface area contributed by atoms with Crippen molar-refractivity contribution in [2.45, 2.75) is 25.4 Å². The fourth-order valence-electron chi connectivity index (χ4n) is 1.89. The van der Waals surface area contributed by atoms with E-state index in [2.05, 4.69) is 15.5 Å². The highest BCUT2D eigenvalue weighted by Gasteiger charge is 2.13. The third-order valence-corrected chi connectivity index (χ3v) is 4.49. The summed E-state index contributed by atoms with van der Waals surface area (Å²) in [4.78, 5) is 12.1. The minimum absolute atomic E-state index is 0.157. The number of nitrogens with two attached hydrogens (primary N) is 1. The molecule has 0 unspecified atom stereocenters. The number of ether oxygens (including phenoxy) is 1. The second kappa shape index (κ2) is 7.56. The van der Waals surface area contributed by atoms with Gasteiger partial charge in [-0.05, 0) is 18.6 Å². The fraction of sp³-hybridized carbons (Fsp3) is 0.357. The Morgan fingerprint density at radius 2 is 2.22 bits per heavy atom. The van der Waals surface area contributed by atoms with Gasteiger partial charge < -0.3 is 15.9 Å². The minimum Gasteiger partial charge on any atom is -0.495 e. The molecule has 0 spiro atoms. The Kier molecular flexibility index (Phi) is 5.73. The lowest BCUT2D eigenvalue weighted by atomic mass is 10.2. The first-order chi connectivity index (χ1) is 11.0. The fourth-order valence-corrected chi connectivity index (χ4v) is 2.72. The Balaban J connectivity index is 2.02. The second-order valence-electron chi connectivity index (χ2n) is 4.76. The van der Waals surface area contributed by atoms with Gasteiger partial charge in [0, 0.05) is 17.5 Å². The molecule has 2 rings (SSSR count). The van der Waals surface area contributed by atoms with E-state index in [0.717, 1.165) is 5.56 Å². The number of nitrogens with one attached hydrogen (secondary N) is 1. The lowest BCUT2D eigenvalue weighted by Gasteiger charge is -2.12. The van der Waals surface area contributed by atoms with E-state index < -0.39 is 0 Å². The quantitative estimate of drug-likeness (QED) is 0.609. The summed E-state index contributed by atoms with van der Waals surface area (Å²) in [6.07, 6.45) is 0.678. The number of anilines is 1. The van der Waals surface area contributed by atoms with Crippen LogP contribution in [0, 0.1) is 6.92 Å². The smallest absolute Gasteiger partial charge is 0.234 e. The Hall–Kier alpha value is -1.93. The number of amides is 1. The molecule has 0 bridgehead atoms. The molecule has 1 aromatic heterocycles. The highest BCUT2D eigenvalue weighted by molar-refractivity contribution is 7.99. The topological polar surface area (TPSA) is 95.1 Å². The van der Waals surface area contributed by atoms with Gasteiger partial charge in [0.2, 0.25) is 11.1 Å². The van der Waals surface area contributed by atoms with E-state index in [9.17, 15) is 4.79 Å². The number of methoxy groups -OCH3 is 1. The SMILES string of the molecule is CCc1nnc(SCC(=O)Nc2cc(C)c(Cl)cc2OC)n1N. The van der Waals surface area contributed by atoms with E-state index in [1.54, 1.807) is 12.1 Å². The monoisotopic (exact) mass is 355 g/mol. The van der Waals surface area contributed by atoms with Crippen LogP contribution in [-0.2, 0) is 11.2 Å². The van der Waals surface area contributed by atoms with Crippen molar-refractivity contribution in [2.75, 3.05) is 24.0 Å². The van der Waals surface area contributed by atoms with Crippen LogP contribution in [0.2, 0.25) is 5.02 Å². The number of nitrogens with zero attached hydrogens (tertiary/aromatic N) is 3. The molecule has 0 radical (unpaired) electrons. The van der Waals surface area contributed by atoms with E-state index >= 15 is 0 Å². The van der Waals surface area contributed by atoms with Crippen molar-refractivity contribution in [3.63, 3.8) is 0 Å². The predicted octanol–water partition coefficient (Wildman–Crippen LogP) is 2.26. The van der Waals surface area contributed by atoms with E-state index in [4.69, 9.17) is 22.2 Å².